The molecule has 0 spiro atoms. The molecule has 1 aliphatic heterocycles. The molecule has 5 nitrogen and oxygen atoms in total. The highest BCUT2D eigenvalue weighted by Gasteiger charge is 2.21. The Bertz CT molecular complexity index is 332. The second-order valence-electron chi connectivity index (χ2n) is 7.25. The first-order chi connectivity index (χ1) is 11.7. The largest absolute Gasteiger partial charge is 0.356 e. The lowest BCUT2D eigenvalue weighted by atomic mass is 10.1. The summed E-state index contributed by atoms with van der Waals surface area (Å²) >= 11 is 0. The summed E-state index contributed by atoms with van der Waals surface area (Å²) in [4.78, 5) is 9.20. The highest BCUT2D eigenvalue weighted by Crippen LogP contribution is 2.08. The van der Waals surface area contributed by atoms with Crippen LogP contribution in [0.15, 0.2) is 4.99 Å². The van der Waals surface area contributed by atoms with Gasteiger partial charge in [-0.1, -0.05) is 51.9 Å². The molecule has 5 heteroatoms. The Morgan fingerprint density at radius 1 is 0.958 bits per heavy atom. The van der Waals surface area contributed by atoms with Crippen molar-refractivity contribution in [3.8, 4) is 0 Å². The van der Waals surface area contributed by atoms with E-state index < -0.39 is 0 Å². The summed E-state index contributed by atoms with van der Waals surface area (Å²) < 4.78 is 0. The molecule has 0 aromatic rings. The van der Waals surface area contributed by atoms with E-state index >= 15 is 0 Å². The van der Waals surface area contributed by atoms with Gasteiger partial charge in [-0.05, 0) is 20.5 Å². The molecule has 2 N–H and O–H groups in total. The van der Waals surface area contributed by atoms with E-state index in [-0.39, 0.29) is 0 Å². The second-order valence-corrected chi connectivity index (χ2v) is 7.25. The van der Waals surface area contributed by atoms with Crippen LogP contribution in [0.2, 0.25) is 0 Å². The molecule has 1 unspecified atom stereocenters. The summed E-state index contributed by atoms with van der Waals surface area (Å²) in [6.07, 6.45) is 10.9. The maximum atomic E-state index is 4.35. The van der Waals surface area contributed by atoms with Crippen LogP contribution in [0.3, 0.4) is 0 Å². The summed E-state index contributed by atoms with van der Waals surface area (Å²) in [7, 11) is 6.28. The topological polar surface area (TPSA) is 42.9 Å². The Balaban J connectivity index is 2.04. The van der Waals surface area contributed by atoms with Gasteiger partial charge in [0.25, 0.3) is 0 Å². The number of likely N-dealkylation sites (N-methyl/N-ethyl adjacent to an activating group) is 2. The van der Waals surface area contributed by atoms with E-state index in [9.17, 15) is 0 Å². The van der Waals surface area contributed by atoms with Gasteiger partial charge in [-0.15, -0.1) is 0 Å². The molecule has 1 heterocycles. The quantitative estimate of drug-likeness (QED) is 0.345. The van der Waals surface area contributed by atoms with E-state index in [0.29, 0.717) is 6.04 Å². The normalized spacial score (nSPS) is 20.3. The van der Waals surface area contributed by atoms with Crippen LogP contribution in [0.1, 0.15) is 58.3 Å². The predicted octanol–water partition coefficient (Wildman–Crippen LogP) is 2.54. The van der Waals surface area contributed by atoms with Gasteiger partial charge in [0.2, 0.25) is 0 Å². The van der Waals surface area contributed by atoms with Crippen molar-refractivity contribution in [2.75, 3.05) is 53.9 Å². The Morgan fingerprint density at radius 2 is 1.62 bits per heavy atom. The molecule has 0 radical (unpaired) electrons. The van der Waals surface area contributed by atoms with Gasteiger partial charge in [-0.25, -0.2) is 0 Å². The van der Waals surface area contributed by atoms with E-state index in [1.165, 1.54) is 57.9 Å². The minimum Gasteiger partial charge on any atom is -0.356 e. The molecule has 0 amide bonds. The lowest BCUT2D eigenvalue weighted by Crippen LogP contribution is -2.55. The molecule has 142 valence electrons. The lowest BCUT2D eigenvalue weighted by molar-refractivity contribution is 0.116. The number of hydrogen-bond donors (Lipinski definition) is 2. The van der Waals surface area contributed by atoms with E-state index in [2.05, 4.69) is 46.4 Å². The first-order valence-corrected chi connectivity index (χ1v) is 10.0. The molecule has 1 saturated heterocycles. The molecule has 24 heavy (non-hydrogen) atoms. The van der Waals surface area contributed by atoms with Crippen molar-refractivity contribution in [1.29, 1.82) is 0 Å². The minimum absolute atomic E-state index is 0.561. The summed E-state index contributed by atoms with van der Waals surface area (Å²) in [5.41, 5.74) is 0. The highest BCUT2D eigenvalue weighted by molar-refractivity contribution is 5.79. The fourth-order valence-electron chi connectivity index (χ4n) is 3.22. The number of nitrogens with one attached hydrogen (secondary N) is 2. The molecular weight excluding hydrogens is 298 g/mol. The zero-order valence-electron chi connectivity index (χ0n) is 16.6. The van der Waals surface area contributed by atoms with Crippen molar-refractivity contribution in [1.82, 2.24) is 20.4 Å². The number of guanidine groups is 1. The van der Waals surface area contributed by atoms with Crippen LogP contribution in [0.4, 0.5) is 0 Å². The lowest BCUT2D eigenvalue weighted by Gasteiger charge is -2.37. The molecule has 1 aliphatic rings. The van der Waals surface area contributed by atoms with Crippen LogP contribution < -0.4 is 10.6 Å². The third kappa shape index (κ3) is 9.48. The van der Waals surface area contributed by atoms with Gasteiger partial charge >= 0.3 is 0 Å². The van der Waals surface area contributed by atoms with Gasteiger partial charge in [0.15, 0.2) is 5.96 Å². The number of nitrogens with zero attached hydrogens (tertiary/aromatic N) is 3. The van der Waals surface area contributed by atoms with Crippen LogP contribution in [-0.4, -0.2) is 75.7 Å². The van der Waals surface area contributed by atoms with Gasteiger partial charge in [-0.3, -0.25) is 9.89 Å². The average Bonchev–Trinajstić information content (AvgIpc) is 2.58. The summed E-state index contributed by atoms with van der Waals surface area (Å²) in [6, 6.07) is 0.561. The van der Waals surface area contributed by atoms with Crippen molar-refractivity contribution in [2.45, 2.75) is 64.3 Å². The maximum Gasteiger partial charge on any atom is 0.191 e. The summed E-state index contributed by atoms with van der Waals surface area (Å²) in [5, 5.41) is 6.94. The molecule has 0 saturated carbocycles. The Kier molecular flexibility index (Phi) is 11.9. The Morgan fingerprint density at radius 3 is 2.29 bits per heavy atom. The summed E-state index contributed by atoms with van der Waals surface area (Å²) in [6.45, 7) is 7.69. The zero-order chi connectivity index (χ0) is 17.6. The minimum atomic E-state index is 0.561. The van der Waals surface area contributed by atoms with E-state index in [4.69, 9.17) is 0 Å². The standard InChI is InChI=1S/C19H41N5/c1-5-6-7-8-9-10-11-12-13-21-19(20-2)22-16-18-17-23(3)14-15-24(18)4/h18H,5-17H2,1-4H3,(H2,20,21,22). The molecule has 1 rings (SSSR count). The first kappa shape index (κ1) is 21.2. The maximum absolute atomic E-state index is 4.35. The number of unbranched alkanes of at least 4 members (excludes halogenated alkanes) is 7. The Labute approximate surface area is 150 Å². The highest BCUT2D eigenvalue weighted by atomic mass is 15.3. The van der Waals surface area contributed by atoms with Crippen molar-refractivity contribution < 1.29 is 0 Å². The van der Waals surface area contributed by atoms with Gasteiger partial charge < -0.3 is 15.5 Å². The Hall–Kier alpha value is -0.810. The van der Waals surface area contributed by atoms with Gasteiger partial charge in [-0.2, -0.15) is 0 Å². The first-order valence-electron chi connectivity index (χ1n) is 10.0. The number of rotatable bonds is 11. The zero-order valence-corrected chi connectivity index (χ0v) is 16.6. The smallest absolute Gasteiger partial charge is 0.191 e. The van der Waals surface area contributed by atoms with Crippen molar-refractivity contribution in [2.24, 2.45) is 4.99 Å². The number of hydrogen-bond acceptors (Lipinski definition) is 3. The second kappa shape index (κ2) is 13.5. The number of aliphatic imine (C=N–C) groups is 1. The van der Waals surface area contributed by atoms with Crippen LogP contribution in [0.5, 0.6) is 0 Å². The predicted molar refractivity (Wildman–Crippen MR) is 106 cm³/mol. The van der Waals surface area contributed by atoms with Crippen molar-refractivity contribution >= 4 is 5.96 Å². The van der Waals surface area contributed by atoms with Crippen LogP contribution in [-0.2, 0) is 0 Å². The molecule has 0 aliphatic carbocycles. The van der Waals surface area contributed by atoms with Crippen LogP contribution in [0.25, 0.3) is 0 Å². The molecule has 1 atom stereocenters. The van der Waals surface area contributed by atoms with Crippen molar-refractivity contribution in [3.63, 3.8) is 0 Å². The van der Waals surface area contributed by atoms with Crippen LogP contribution >= 0.6 is 0 Å². The van der Waals surface area contributed by atoms with Gasteiger partial charge in [0.1, 0.15) is 0 Å². The fraction of sp³-hybridized carbons (Fsp3) is 0.947. The van der Waals surface area contributed by atoms with Gasteiger partial charge in [0.05, 0.1) is 0 Å². The SMILES string of the molecule is CCCCCCCCCCNC(=NC)NCC1CN(C)CCN1C. The van der Waals surface area contributed by atoms with Gasteiger partial charge in [0, 0.05) is 45.8 Å². The summed E-state index contributed by atoms with van der Waals surface area (Å²) in [5.74, 6) is 0.944. The molecular formula is C19H41N5. The van der Waals surface area contributed by atoms with Crippen LogP contribution in [0, 0.1) is 0 Å². The molecule has 0 aromatic carbocycles. The third-order valence-corrected chi connectivity index (χ3v) is 5.03. The third-order valence-electron chi connectivity index (χ3n) is 5.03. The number of piperazine rings is 1. The van der Waals surface area contributed by atoms with Crippen molar-refractivity contribution in [3.05, 3.63) is 0 Å². The molecule has 0 bridgehead atoms. The molecule has 0 aromatic heterocycles. The fourth-order valence-corrected chi connectivity index (χ4v) is 3.22. The van der Waals surface area contributed by atoms with E-state index in [1.54, 1.807) is 0 Å². The van der Waals surface area contributed by atoms with E-state index in [1.807, 2.05) is 7.05 Å². The average molecular weight is 340 g/mol. The van der Waals surface area contributed by atoms with E-state index in [0.717, 1.165) is 32.1 Å². The monoisotopic (exact) mass is 339 g/mol. The molecule has 1 fully saturated rings.